The van der Waals surface area contributed by atoms with Crippen molar-refractivity contribution in [1.82, 2.24) is 4.98 Å². The Morgan fingerprint density at radius 1 is 1.09 bits per heavy atom. The van der Waals surface area contributed by atoms with Crippen LogP contribution in [0.3, 0.4) is 0 Å². The molecule has 0 radical (unpaired) electrons. The monoisotopic (exact) mass is 326 g/mol. The molecule has 0 saturated carbocycles. The van der Waals surface area contributed by atoms with Gasteiger partial charge in [-0.15, -0.1) is 0 Å². The summed E-state index contributed by atoms with van der Waals surface area (Å²) in [7, 11) is 0. The van der Waals surface area contributed by atoms with Crippen LogP contribution in [0.4, 0.5) is 15.3 Å². The van der Waals surface area contributed by atoms with E-state index in [1.54, 1.807) is 20.8 Å². The van der Waals surface area contributed by atoms with Gasteiger partial charge in [-0.3, -0.25) is 4.79 Å². The van der Waals surface area contributed by atoms with Crippen molar-refractivity contribution in [1.29, 1.82) is 0 Å². The Kier molecular flexibility index (Phi) is 6.78. The van der Waals surface area contributed by atoms with Crippen LogP contribution in [0, 0.1) is 6.92 Å². The lowest BCUT2D eigenvalue weighted by Crippen LogP contribution is -2.16. The van der Waals surface area contributed by atoms with Gasteiger partial charge in [-0.05, 0) is 20.8 Å². The molecule has 1 N–H and O–H groups in total. The minimum atomic E-state index is -1.000. The first-order valence-corrected chi connectivity index (χ1v) is 6.85. The molecule has 0 bridgehead atoms. The van der Waals surface area contributed by atoms with Crippen molar-refractivity contribution < 1.29 is 33.3 Å². The number of rotatable bonds is 5. The smallest absolute Gasteiger partial charge is 0.434 e. The van der Waals surface area contributed by atoms with Crippen molar-refractivity contribution in [2.75, 3.05) is 18.5 Å². The van der Waals surface area contributed by atoms with E-state index in [2.05, 4.69) is 19.8 Å². The van der Waals surface area contributed by atoms with Gasteiger partial charge in [0.2, 0.25) is 5.91 Å². The second-order valence-corrected chi connectivity index (χ2v) is 4.18. The Morgan fingerprint density at radius 2 is 1.65 bits per heavy atom. The molecular weight excluding hydrogens is 308 g/mol. The van der Waals surface area contributed by atoms with Crippen LogP contribution in [-0.2, 0) is 14.3 Å². The Balaban J connectivity index is 3.13. The first-order chi connectivity index (χ1) is 10.9. The molecule has 1 aromatic heterocycles. The highest BCUT2D eigenvalue weighted by molar-refractivity contribution is 5.89. The highest BCUT2D eigenvalue weighted by Crippen LogP contribution is 2.31. The van der Waals surface area contributed by atoms with Gasteiger partial charge in [0.1, 0.15) is 0 Å². The van der Waals surface area contributed by atoms with E-state index < -0.39 is 12.3 Å². The van der Waals surface area contributed by atoms with E-state index in [4.69, 9.17) is 9.47 Å². The Labute approximate surface area is 132 Å². The van der Waals surface area contributed by atoms with Crippen LogP contribution >= 0.6 is 0 Å². The summed E-state index contributed by atoms with van der Waals surface area (Å²) >= 11 is 0. The number of nitrogens with zero attached hydrogens (tertiary/aromatic N) is 1. The number of hydrogen-bond acceptors (Lipinski definition) is 8. The van der Waals surface area contributed by atoms with E-state index in [1.807, 2.05) is 0 Å². The number of nitrogens with one attached hydrogen (secondary N) is 1. The second kappa shape index (κ2) is 8.57. The van der Waals surface area contributed by atoms with Gasteiger partial charge in [0.05, 0.1) is 24.6 Å². The SMILES string of the molecule is CCOC(=O)Oc1cc(NC(C)=O)c(C)nc1OC(=O)OCC. The van der Waals surface area contributed by atoms with Crippen LogP contribution < -0.4 is 14.8 Å². The summed E-state index contributed by atoms with van der Waals surface area (Å²) < 4.78 is 19.1. The van der Waals surface area contributed by atoms with Crippen LogP contribution in [0.5, 0.6) is 11.6 Å². The maximum absolute atomic E-state index is 11.5. The minimum absolute atomic E-state index is 0.102. The van der Waals surface area contributed by atoms with Crippen molar-refractivity contribution in [2.24, 2.45) is 0 Å². The highest BCUT2D eigenvalue weighted by Gasteiger charge is 2.19. The van der Waals surface area contributed by atoms with E-state index in [0.717, 1.165) is 0 Å². The number of pyridine rings is 1. The number of hydrogen-bond donors (Lipinski definition) is 1. The van der Waals surface area contributed by atoms with Gasteiger partial charge in [-0.25, -0.2) is 14.6 Å². The zero-order chi connectivity index (χ0) is 17.4. The third-order valence-corrected chi connectivity index (χ3v) is 2.35. The molecule has 1 heterocycles. The van der Waals surface area contributed by atoms with Crippen LogP contribution in [0.15, 0.2) is 6.07 Å². The number of anilines is 1. The molecule has 9 heteroatoms. The van der Waals surface area contributed by atoms with Crippen molar-refractivity contribution in [3.8, 4) is 11.6 Å². The quantitative estimate of drug-likeness (QED) is 0.821. The third-order valence-electron chi connectivity index (χ3n) is 2.35. The first-order valence-electron chi connectivity index (χ1n) is 6.85. The van der Waals surface area contributed by atoms with Crippen LogP contribution in [0.25, 0.3) is 0 Å². The molecule has 0 atom stereocenters. The number of aryl methyl sites for hydroxylation is 1. The van der Waals surface area contributed by atoms with Crippen molar-refractivity contribution >= 4 is 23.9 Å². The molecule has 0 spiro atoms. The number of carbonyl (C=O) groups excluding carboxylic acids is 3. The van der Waals surface area contributed by atoms with Gasteiger partial charge in [-0.1, -0.05) is 0 Å². The van der Waals surface area contributed by atoms with Gasteiger partial charge >= 0.3 is 12.3 Å². The number of ether oxygens (including phenoxy) is 4. The number of aromatic nitrogens is 1. The molecule has 1 rings (SSSR count). The standard InChI is InChI=1S/C14H18N2O7/c1-5-20-13(18)22-11-7-10(16-9(4)17)8(3)15-12(11)23-14(19)21-6-2/h7H,5-6H2,1-4H3,(H,16,17). The molecule has 0 saturated heterocycles. The van der Waals surface area contributed by atoms with E-state index in [1.165, 1.54) is 13.0 Å². The summed E-state index contributed by atoms with van der Waals surface area (Å²) in [5.41, 5.74) is 0.656. The fourth-order valence-electron chi connectivity index (χ4n) is 1.49. The predicted octanol–water partition coefficient (Wildman–Crippen LogP) is 2.42. The zero-order valence-electron chi connectivity index (χ0n) is 13.3. The Hall–Kier alpha value is -2.84. The number of amides is 1. The zero-order valence-corrected chi connectivity index (χ0v) is 13.3. The summed E-state index contributed by atoms with van der Waals surface area (Å²) in [5.74, 6) is -0.801. The summed E-state index contributed by atoms with van der Waals surface area (Å²) in [4.78, 5) is 38.1. The summed E-state index contributed by atoms with van der Waals surface area (Å²) in [6.07, 6.45) is -2.00. The summed E-state index contributed by atoms with van der Waals surface area (Å²) in [5, 5.41) is 2.52. The topological polar surface area (TPSA) is 113 Å². The van der Waals surface area contributed by atoms with Crippen LogP contribution in [-0.4, -0.2) is 36.4 Å². The summed E-state index contributed by atoms with van der Waals surface area (Å²) in [6, 6.07) is 1.30. The predicted molar refractivity (Wildman–Crippen MR) is 78.6 cm³/mol. The molecule has 1 aromatic rings. The van der Waals surface area contributed by atoms with Crippen LogP contribution in [0.1, 0.15) is 26.5 Å². The third kappa shape index (κ3) is 5.81. The number of carbonyl (C=O) groups is 3. The fourth-order valence-corrected chi connectivity index (χ4v) is 1.49. The molecule has 23 heavy (non-hydrogen) atoms. The molecular formula is C14H18N2O7. The van der Waals surface area contributed by atoms with E-state index >= 15 is 0 Å². The molecule has 0 aliphatic rings. The minimum Gasteiger partial charge on any atom is -0.434 e. The van der Waals surface area contributed by atoms with E-state index in [-0.39, 0.29) is 30.8 Å². The average Bonchev–Trinajstić information content (AvgIpc) is 2.43. The van der Waals surface area contributed by atoms with E-state index in [0.29, 0.717) is 11.4 Å². The lowest BCUT2D eigenvalue weighted by molar-refractivity contribution is -0.114. The first kappa shape index (κ1) is 18.2. The maximum atomic E-state index is 11.5. The van der Waals surface area contributed by atoms with Gasteiger partial charge in [0.15, 0.2) is 5.75 Å². The largest absolute Gasteiger partial charge is 0.515 e. The van der Waals surface area contributed by atoms with Gasteiger partial charge in [0.25, 0.3) is 5.88 Å². The van der Waals surface area contributed by atoms with Crippen LogP contribution in [0.2, 0.25) is 0 Å². The lowest BCUT2D eigenvalue weighted by Gasteiger charge is -2.13. The van der Waals surface area contributed by atoms with Crippen molar-refractivity contribution in [3.05, 3.63) is 11.8 Å². The molecule has 0 aliphatic carbocycles. The lowest BCUT2D eigenvalue weighted by atomic mass is 10.3. The van der Waals surface area contributed by atoms with Gasteiger partial charge in [-0.2, -0.15) is 0 Å². The molecule has 1 amide bonds. The highest BCUT2D eigenvalue weighted by atomic mass is 16.7. The molecule has 0 aromatic carbocycles. The Morgan fingerprint density at radius 3 is 2.17 bits per heavy atom. The molecule has 0 aliphatic heterocycles. The normalized spacial score (nSPS) is 9.74. The molecule has 0 unspecified atom stereocenters. The van der Waals surface area contributed by atoms with Crippen molar-refractivity contribution in [2.45, 2.75) is 27.7 Å². The molecule has 9 nitrogen and oxygen atoms in total. The van der Waals surface area contributed by atoms with Crippen molar-refractivity contribution in [3.63, 3.8) is 0 Å². The summed E-state index contributed by atoms with van der Waals surface area (Å²) in [6.45, 7) is 6.32. The second-order valence-electron chi connectivity index (χ2n) is 4.18. The molecule has 126 valence electrons. The maximum Gasteiger partial charge on any atom is 0.515 e. The average molecular weight is 326 g/mol. The fraction of sp³-hybridized carbons (Fsp3) is 0.429. The van der Waals surface area contributed by atoms with Gasteiger partial charge in [0, 0.05) is 13.0 Å². The Bertz CT molecular complexity index is 601. The van der Waals surface area contributed by atoms with Gasteiger partial charge < -0.3 is 24.3 Å². The molecule has 0 fully saturated rings. The van der Waals surface area contributed by atoms with E-state index in [9.17, 15) is 14.4 Å².